The van der Waals surface area contributed by atoms with E-state index in [1.165, 1.54) is 13.2 Å². The van der Waals surface area contributed by atoms with E-state index in [2.05, 4.69) is 26.5 Å². The van der Waals surface area contributed by atoms with E-state index in [0.717, 1.165) is 17.4 Å². The Morgan fingerprint density at radius 3 is 1.64 bits per heavy atom. The predicted octanol–water partition coefficient (Wildman–Crippen LogP) is 1.71. The number of ether oxygens (including phenoxy) is 1. The first kappa shape index (κ1) is 28.8. The normalized spacial score (nSPS) is 15.5. The summed E-state index contributed by atoms with van der Waals surface area (Å²) in [5.41, 5.74) is 1.77. The molecule has 2 heterocycles. The third-order valence-electron chi connectivity index (χ3n) is 4.74. The maximum absolute atomic E-state index is 11.6. The lowest BCUT2D eigenvalue weighted by atomic mass is 10.2. The van der Waals surface area contributed by atoms with Crippen molar-refractivity contribution in [3.63, 3.8) is 0 Å². The molecule has 0 fully saturated rings. The van der Waals surface area contributed by atoms with Crippen LogP contribution in [0.5, 0.6) is 0 Å². The molecule has 0 aliphatic carbocycles. The Morgan fingerprint density at radius 1 is 0.879 bits per heavy atom. The predicted molar refractivity (Wildman–Crippen MR) is 126 cm³/mol. The number of sulfone groups is 2. The molecule has 1 N–H and O–H groups in total. The quantitative estimate of drug-likeness (QED) is 0.504. The van der Waals surface area contributed by atoms with Gasteiger partial charge in [-0.25, -0.2) is 36.8 Å². The number of aliphatic hydroxyl groups is 1. The molecule has 0 aliphatic heterocycles. The summed E-state index contributed by atoms with van der Waals surface area (Å²) in [6.07, 6.45) is 8.32. The van der Waals surface area contributed by atoms with Gasteiger partial charge in [0.05, 0.1) is 17.1 Å². The molecule has 0 amide bonds. The van der Waals surface area contributed by atoms with Crippen LogP contribution in [0, 0.1) is 13.8 Å². The van der Waals surface area contributed by atoms with Gasteiger partial charge in [0.15, 0.2) is 31.3 Å². The summed E-state index contributed by atoms with van der Waals surface area (Å²) in [7, 11) is -6.52. The molecule has 0 saturated carbocycles. The van der Waals surface area contributed by atoms with Gasteiger partial charge >= 0.3 is 0 Å². The van der Waals surface area contributed by atoms with Gasteiger partial charge in [0.2, 0.25) is 0 Å². The average Bonchev–Trinajstić information content (AvgIpc) is 2.73. The summed E-state index contributed by atoms with van der Waals surface area (Å²) < 4.78 is 51.1. The molecule has 12 heteroatoms. The van der Waals surface area contributed by atoms with E-state index in [4.69, 9.17) is 4.74 Å². The number of hydrogen-bond donors (Lipinski definition) is 1. The van der Waals surface area contributed by atoms with Gasteiger partial charge in [0, 0.05) is 37.3 Å². The molecule has 0 aromatic carbocycles. The molecule has 4 atom stereocenters. The molecule has 0 unspecified atom stereocenters. The zero-order valence-electron chi connectivity index (χ0n) is 19.7. The average molecular weight is 501 g/mol. The fourth-order valence-corrected chi connectivity index (χ4v) is 3.60. The van der Waals surface area contributed by atoms with E-state index in [-0.39, 0.29) is 12.4 Å². The van der Waals surface area contributed by atoms with Crippen molar-refractivity contribution >= 4 is 19.7 Å². The summed E-state index contributed by atoms with van der Waals surface area (Å²) in [5, 5.41) is 8.10. The van der Waals surface area contributed by atoms with Crippen LogP contribution in [-0.2, 0) is 24.4 Å². The summed E-state index contributed by atoms with van der Waals surface area (Å²) in [6.45, 7) is 10.5. The van der Waals surface area contributed by atoms with Gasteiger partial charge in [0.25, 0.3) is 0 Å². The molecule has 0 bridgehead atoms. The number of nitrogens with zero attached hydrogens (tertiary/aromatic N) is 4. The molecule has 184 valence electrons. The van der Waals surface area contributed by atoms with Crippen molar-refractivity contribution in [3.8, 4) is 0 Å². The van der Waals surface area contributed by atoms with Crippen molar-refractivity contribution in [1.82, 2.24) is 19.9 Å². The summed E-state index contributed by atoms with van der Waals surface area (Å²) in [5.74, 6) is 0.513. The highest BCUT2D eigenvalue weighted by molar-refractivity contribution is 7.91. The van der Waals surface area contributed by atoms with E-state index < -0.39 is 42.4 Å². The van der Waals surface area contributed by atoms with Crippen molar-refractivity contribution in [2.75, 3.05) is 19.1 Å². The molecular weight excluding hydrogens is 468 g/mol. The molecule has 2 rings (SSSR count). The van der Waals surface area contributed by atoms with Crippen molar-refractivity contribution in [2.24, 2.45) is 0 Å². The van der Waals surface area contributed by atoms with Gasteiger partial charge in [-0.05, 0) is 38.8 Å². The monoisotopic (exact) mass is 500 g/mol. The minimum Gasteiger partial charge on any atom is -0.384 e. The van der Waals surface area contributed by atoms with Crippen LogP contribution in [0.2, 0.25) is 0 Å². The summed E-state index contributed by atoms with van der Waals surface area (Å²) in [4.78, 5) is 16.0. The number of hydrogen-bond acceptors (Lipinski definition) is 10. The van der Waals surface area contributed by atoms with Crippen LogP contribution in [0.4, 0.5) is 0 Å². The summed E-state index contributed by atoms with van der Waals surface area (Å²) >= 11 is 0. The molecule has 0 radical (unpaired) electrons. The van der Waals surface area contributed by atoms with Crippen LogP contribution in [0.25, 0.3) is 0 Å². The Labute approximate surface area is 196 Å². The number of aryl methyl sites for hydroxylation is 2. The molecule has 0 aliphatic rings. The van der Waals surface area contributed by atoms with Gasteiger partial charge < -0.3 is 9.84 Å². The van der Waals surface area contributed by atoms with Gasteiger partial charge in [-0.1, -0.05) is 6.08 Å². The zero-order valence-corrected chi connectivity index (χ0v) is 21.3. The lowest BCUT2D eigenvalue weighted by molar-refractivity contribution is 0.0670. The maximum Gasteiger partial charge on any atom is 0.158 e. The van der Waals surface area contributed by atoms with E-state index in [1.54, 1.807) is 37.8 Å². The van der Waals surface area contributed by atoms with Crippen molar-refractivity contribution < 1.29 is 26.7 Å². The van der Waals surface area contributed by atoms with Crippen LogP contribution in [-0.4, -0.2) is 71.5 Å². The maximum atomic E-state index is 11.6. The molecule has 2 aromatic heterocycles. The third-order valence-corrected chi connectivity index (χ3v) is 7.94. The molecule has 0 saturated heterocycles. The Hall–Kier alpha value is -2.28. The molecule has 10 nitrogen and oxygen atoms in total. The Kier molecular flexibility index (Phi) is 10.7. The fourth-order valence-electron chi connectivity index (χ4n) is 2.37. The minimum absolute atomic E-state index is 0.138. The second-order valence-corrected chi connectivity index (χ2v) is 12.6. The second kappa shape index (κ2) is 12.3. The number of aromatic nitrogens is 4. The number of aliphatic hydroxyl groups excluding tert-OH is 1. The first-order chi connectivity index (χ1) is 15.2. The lowest BCUT2D eigenvalue weighted by Gasteiger charge is -2.21. The van der Waals surface area contributed by atoms with E-state index in [9.17, 15) is 21.9 Å². The highest BCUT2D eigenvalue weighted by Gasteiger charge is 2.30. The van der Waals surface area contributed by atoms with Crippen LogP contribution in [0.1, 0.15) is 48.8 Å². The summed E-state index contributed by atoms with van der Waals surface area (Å²) in [6, 6.07) is 0. The molecule has 0 spiro atoms. The topological polar surface area (TPSA) is 149 Å². The largest absolute Gasteiger partial charge is 0.384 e. The van der Waals surface area contributed by atoms with Gasteiger partial charge in [-0.3, -0.25) is 0 Å². The molecule has 33 heavy (non-hydrogen) atoms. The Morgan fingerprint density at radius 2 is 1.27 bits per heavy atom. The zero-order chi connectivity index (χ0) is 25.4. The smallest absolute Gasteiger partial charge is 0.158 e. The van der Waals surface area contributed by atoms with Crippen molar-refractivity contribution in [1.29, 1.82) is 0 Å². The number of rotatable bonds is 9. The van der Waals surface area contributed by atoms with E-state index in [0.29, 0.717) is 5.82 Å². The van der Waals surface area contributed by atoms with Gasteiger partial charge in [0.1, 0.15) is 12.2 Å². The van der Waals surface area contributed by atoms with E-state index >= 15 is 0 Å². The Bertz CT molecular complexity index is 1100. The minimum atomic E-state index is -3.29. The van der Waals surface area contributed by atoms with Crippen LogP contribution in [0.3, 0.4) is 0 Å². The van der Waals surface area contributed by atoms with Crippen LogP contribution >= 0.6 is 0 Å². The SMILES string of the molecule is C=CCO[C@H](c1ncc(C)cn1)[C@H](C)S(C)(=O)=O.Cc1cnc([C@@H](O)[C@H](C)S(C)(=O)=O)nc1. The van der Waals surface area contributed by atoms with Crippen LogP contribution < -0.4 is 0 Å². The molecule has 2 aromatic rings. The van der Waals surface area contributed by atoms with Crippen LogP contribution in [0.15, 0.2) is 37.4 Å². The van der Waals surface area contributed by atoms with Crippen molar-refractivity contribution in [2.45, 2.75) is 50.4 Å². The molecular formula is C21H32N4O6S2. The Balaban J connectivity index is 0.000000335. The highest BCUT2D eigenvalue weighted by Crippen LogP contribution is 2.23. The van der Waals surface area contributed by atoms with Gasteiger partial charge in [-0.15, -0.1) is 6.58 Å². The van der Waals surface area contributed by atoms with Gasteiger partial charge in [-0.2, -0.15) is 0 Å². The lowest BCUT2D eigenvalue weighted by Crippen LogP contribution is -2.28. The third kappa shape index (κ3) is 9.24. The first-order valence-corrected chi connectivity index (χ1v) is 13.9. The second-order valence-electron chi connectivity index (χ2n) is 7.79. The highest BCUT2D eigenvalue weighted by atomic mass is 32.2. The van der Waals surface area contributed by atoms with E-state index in [1.807, 2.05) is 13.8 Å². The standard InChI is InChI=1S/C12H18N2O3S.C9H14N2O3S/c1-5-6-17-11(10(3)18(4,15)16)12-13-7-9(2)8-14-12;1-6-4-10-9(11-5-6)8(12)7(2)15(3,13)14/h5,7-8,10-11H,1,6H2,2-4H3;4-5,7-8,12H,1-3H3/t10-,11-;7-,8-/m00/s1. The fraction of sp³-hybridized carbons (Fsp3) is 0.524. The first-order valence-electron chi connectivity index (χ1n) is 10.0. The van der Waals surface area contributed by atoms with Crippen molar-refractivity contribution in [3.05, 3.63) is 60.2 Å².